The fourth-order valence-electron chi connectivity index (χ4n) is 3.36. The molecule has 8 heteroatoms. The molecule has 2 aromatic carbocycles. The van der Waals surface area contributed by atoms with Crippen molar-refractivity contribution in [2.45, 2.75) is 20.3 Å². The van der Waals surface area contributed by atoms with Gasteiger partial charge in [-0.15, -0.1) is 0 Å². The van der Waals surface area contributed by atoms with Crippen LogP contribution in [0.25, 0.3) is 11.4 Å². The Morgan fingerprint density at radius 1 is 1.24 bits per heavy atom. The zero-order chi connectivity index (χ0) is 20.5. The van der Waals surface area contributed by atoms with Crippen molar-refractivity contribution in [3.05, 3.63) is 59.7 Å². The Bertz CT molecular complexity index is 1100. The summed E-state index contributed by atoms with van der Waals surface area (Å²) in [5.41, 5.74) is 2.56. The van der Waals surface area contributed by atoms with Crippen LogP contribution in [-0.4, -0.2) is 28.5 Å². The summed E-state index contributed by atoms with van der Waals surface area (Å²) in [6.45, 7) is 3.69. The Balaban J connectivity index is 1.50. The average Bonchev–Trinajstić information content (AvgIpc) is 3.30. The summed E-state index contributed by atoms with van der Waals surface area (Å²) in [4.78, 5) is 31.0. The van der Waals surface area contributed by atoms with Gasteiger partial charge in [0, 0.05) is 36.8 Å². The quantitative estimate of drug-likeness (QED) is 0.732. The van der Waals surface area contributed by atoms with E-state index in [9.17, 15) is 14.0 Å². The third kappa shape index (κ3) is 3.87. The lowest BCUT2D eigenvalue weighted by Crippen LogP contribution is -2.28. The summed E-state index contributed by atoms with van der Waals surface area (Å²) in [6, 6.07) is 11.4. The molecule has 4 rings (SSSR count). The van der Waals surface area contributed by atoms with Gasteiger partial charge in [-0.2, -0.15) is 4.98 Å². The van der Waals surface area contributed by atoms with Gasteiger partial charge in [0.2, 0.25) is 23.5 Å². The van der Waals surface area contributed by atoms with Gasteiger partial charge < -0.3 is 14.7 Å². The first-order chi connectivity index (χ1) is 13.9. The number of anilines is 2. The molecule has 7 nitrogen and oxygen atoms in total. The third-order valence-electron chi connectivity index (χ3n) is 4.89. The molecule has 2 heterocycles. The number of nitrogens with zero attached hydrogens (tertiary/aromatic N) is 3. The number of aryl methyl sites for hydroxylation is 2. The standard InChI is InChI=1S/C21H19FN4O3/c1-12-8-16(22)6-7-18(12)24-21(28)15-10-19(27)26(11-15)17-5-3-4-14(9-17)20-23-13(2)29-25-20/h3-9,15H,10-11H2,1-2H3,(H,24,28)/t15-/m0/s1. The minimum atomic E-state index is -0.497. The van der Waals surface area contributed by atoms with Crippen LogP contribution in [-0.2, 0) is 9.59 Å². The van der Waals surface area contributed by atoms with E-state index < -0.39 is 5.92 Å². The van der Waals surface area contributed by atoms with Crippen molar-refractivity contribution in [1.29, 1.82) is 0 Å². The maximum atomic E-state index is 13.3. The monoisotopic (exact) mass is 394 g/mol. The number of nitrogens with one attached hydrogen (secondary N) is 1. The Labute approximate surface area is 166 Å². The van der Waals surface area contributed by atoms with Crippen LogP contribution in [0.5, 0.6) is 0 Å². The molecule has 0 aliphatic carbocycles. The molecule has 1 aliphatic heterocycles. The fourth-order valence-corrected chi connectivity index (χ4v) is 3.36. The molecule has 0 saturated carbocycles. The number of hydrogen-bond donors (Lipinski definition) is 1. The topological polar surface area (TPSA) is 88.3 Å². The Kier molecular flexibility index (Phi) is 4.84. The van der Waals surface area contributed by atoms with Crippen LogP contribution >= 0.6 is 0 Å². The van der Waals surface area contributed by atoms with Crippen molar-refractivity contribution >= 4 is 23.2 Å². The van der Waals surface area contributed by atoms with Gasteiger partial charge in [0.15, 0.2) is 0 Å². The first-order valence-corrected chi connectivity index (χ1v) is 9.19. The van der Waals surface area contributed by atoms with Gasteiger partial charge in [-0.3, -0.25) is 9.59 Å². The fraction of sp³-hybridized carbons (Fsp3) is 0.238. The average molecular weight is 394 g/mol. The SMILES string of the molecule is Cc1nc(-c2cccc(N3C[C@@H](C(=O)Nc4ccc(F)cc4C)CC3=O)c2)no1. The lowest BCUT2D eigenvalue weighted by molar-refractivity contribution is -0.122. The summed E-state index contributed by atoms with van der Waals surface area (Å²) < 4.78 is 18.3. The van der Waals surface area contributed by atoms with Gasteiger partial charge in [0.05, 0.1) is 5.92 Å². The molecule has 1 N–H and O–H groups in total. The molecule has 1 atom stereocenters. The number of hydrogen-bond acceptors (Lipinski definition) is 5. The van der Waals surface area contributed by atoms with Crippen LogP contribution in [0.15, 0.2) is 47.0 Å². The molecular weight excluding hydrogens is 375 g/mol. The van der Waals surface area contributed by atoms with Crippen LogP contribution in [0.4, 0.5) is 15.8 Å². The van der Waals surface area contributed by atoms with Crippen molar-refractivity contribution in [2.75, 3.05) is 16.8 Å². The van der Waals surface area contributed by atoms with Gasteiger partial charge in [-0.05, 0) is 42.8 Å². The molecule has 148 valence electrons. The van der Waals surface area contributed by atoms with Crippen LogP contribution < -0.4 is 10.2 Å². The molecular formula is C21H19FN4O3. The van der Waals surface area contributed by atoms with E-state index in [0.717, 1.165) is 5.56 Å². The van der Waals surface area contributed by atoms with Crippen molar-refractivity contribution in [3.63, 3.8) is 0 Å². The molecule has 3 aromatic rings. The van der Waals surface area contributed by atoms with E-state index in [1.165, 1.54) is 18.2 Å². The highest BCUT2D eigenvalue weighted by molar-refractivity contribution is 6.03. The highest BCUT2D eigenvalue weighted by Gasteiger charge is 2.35. The Hall–Kier alpha value is -3.55. The van der Waals surface area contributed by atoms with Crippen LogP contribution in [0, 0.1) is 25.6 Å². The lowest BCUT2D eigenvalue weighted by Gasteiger charge is -2.17. The van der Waals surface area contributed by atoms with Gasteiger partial charge in [-0.25, -0.2) is 4.39 Å². The zero-order valence-electron chi connectivity index (χ0n) is 16.0. The molecule has 0 spiro atoms. The summed E-state index contributed by atoms with van der Waals surface area (Å²) in [5.74, 6) is -0.363. The summed E-state index contributed by atoms with van der Waals surface area (Å²) in [6.07, 6.45) is 0.109. The molecule has 0 radical (unpaired) electrons. The smallest absolute Gasteiger partial charge is 0.229 e. The summed E-state index contributed by atoms with van der Waals surface area (Å²) >= 11 is 0. The molecule has 1 fully saturated rings. The van der Waals surface area contributed by atoms with E-state index in [2.05, 4.69) is 15.5 Å². The van der Waals surface area contributed by atoms with Gasteiger partial charge >= 0.3 is 0 Å². The number of aromatic nitrogens is 2. The summed E-state index contributed by atoms with van der Waals surface area (Å²) in [7, 11) is 0. The first-order valence-electron chi connectivity index (χ1n) is 9.19. The van der Waals surface area contributed by atoms with E-state index in [4.69, 9.17) is 4.52 Å². The maximum Gasteiger partial charge on any atom is 0.229 e. The van der Waals surface area contributed by atoms with Gasteiger partial charge in [0.1, 0.15) is 5.82 Å². The molecule has 0 bridgehead atoms. The van der Waals surface area contributed by atoms with E-state index in [-0.39, 0.29) is 30.6 Å². The highest BCUT2D eigenvalue weighted by atomic mass is 19.1. The Morgan fingerprint density at radius 2 is 2.07 bits per heavy atom. The Morgan fingerprint density at radius 3 is 2.79 bits per heavy atom. The molecule has 1 saturated heterocycles. The zero-order valence-corrected chi connectivity index (χ0v) is 16.0. The second-order valence-corrected chi connectivity index (χ2v) is 7.04. The highest BCUT2D eigenvalue weighted by Crippen LogP contribution is 2.29. The minimum absolute atomic E-state index is 0.109. The molecule has 2 amide bonds. The lowest BCUT2D eigenvalue weighted by atomic mass is 10.1. The van der Waals surface area contributed by atoms with E-state index in [1.807, 2.05) is 6.07 Å². The predicted molar refractivity (Wildman–Crippen MR) is 105 cm³/mol. The molecule has 0 unspecified atom stereocenters. The van der Waals surface area contributed by atoms with Crippen molar-refractivity contribution in [1.82, 2.24) is 10.1 Å². The van der Waals surface area contributed by atoms with Crippen LogP contribution in [0.3, 0.4) is 0 Å². The van der Waals surface area contributed by atoms with E-state index in [0.29, 0.717) is 28.7 Å². The normalized spacial score (nSPS) is 16.3. The second-order valence-electron chi connectivity index (χ2n) is 7.04. The van der Waals surface area contributed by atoms with E-state index >= 15 is 0 Å². The number of rotatable bonds is 4. The minimum Gasteiger partial charge on any atom is -0.339 e. The number of halogens is 1. The maximum absolute atomic E-state index is 13.3. The number of benzene rings is 2. The molecule has 1 aliphatic rings. The number of amides is 2. The van der Waals surface area contributed by atoms with Crippen molar-refractivity contribution in [3.8, 4) is 11.4 Å². The molecule has 29 heavy (non-hydrogen) atoms. The molecule has 1 aromatic heterocycles. The number of carbonyl (C=O) groups is 2. The van der Waals surface area contributed by atoms with Gasteiger partial charge in [-0.1, -0.05) is 17.3 Å². The number of carbonyl (C=O) groups excluding carboxylic acids is 2. The van der Waals surface area contributed by atoms with Crippen molar-refractivity contribution < 1.29 is 18.5 Å². The van der Waals surface area contributed by atoms with E-state index in [1.54, 1.807) is 36.9 Å². The third-order valence-corrected chi connectivity index (χ3v) is 4.89. The first kappa shape index (κ1) is 18.8. The van der Waals surface area contributed by atoms with Crippen LogP contribution in [0.2, 0.25) is 0 Å². The summed E-state index contributed by atoms with van der Waals surface area (Å²) in [5, 5.41) is 6.69. The largest absolute Gasteiger partial charge is 0.339 e. The second kappa shape index (κ2) is 7.46. The van der Waals surface area contributed by atoms with Crippen LogP contribution in [0.1, 0.15) is 17.9 Å². The predicted octanol–water partition coefficient (Wildman–Crippen LogP) is 3.48. The van der Waals surface area contributed by atoms with Gasteiger partial charge in [0.25, 0.3) is 0 Å². The van der Waals surface area contributed by atoms with Crippen molar-refractivity contribution in [2.24, 2.45) is 5.92 Å².